The molecule has 136 valence electrons. The van der Waals surface area contributed by atoms with E-state index in [0.717, 1.165) is 32.7 Å². The monoisotopic (exact) mass is 385 g/mol. The van der Waals surface area contributed by atoms with Crippen LogP contribution < -0.4 is 5.56 Å². The molecule has 0 radical (unpaired) electrons. The Bertz CT molecular complexity index is 1140. The molecule has 4 rings (SSSR count). The number of fused-ring (bicyclic) bond motifs is 1. The molecule has 2 aromatic carbocycles. The van der Waals surface area contributed by atoms with Crippen LogP contribution in [0.3, 0.4) is 0 Å². The molecule has 2 heterocycles. The second-order valence-corrected chi connectivity index (χ2v) is 7.31. The molecular weight excluding hydrogens is 371 g/mol. The summed E-state index contributed by atoms with van der Waals surface area (Å²) in [5.41, 5.74) is 0.328. The molecule has 0 aliphatic heterocycles. The lowest BCUT2D eigenvalue weighted by atomic mass is 10.1. The number of alkyl halides is 3. The smallest absolute Gasteiger partial charge is 0.310 e. The fraction of sp³-hybridized carbons (Fsp3) is 0.0952. The first-order valence-electron chi connectivity index (χ1n) is 8.26. The molecule has 0 bridgehead atoms. The van der Waals surface area contributed by atoms with E-state index in [-0.39, 0.29) is 12.1 Å². The largest absolute Gasteiger partial charge is 0.416 e. The van der Waals surface area contributed by atoms with Gasteiger partial charge in [-0.1, -0.05) is 30.3 Å². The van der Waals surface area contributed by atoms with Gasteiger partial charge in [0.1, 0.15) is 0 Å². The highest BCUT2D eigenvalue weighted by molar-refractivity contribution is 7.22. The van der Waals surface area contributed by atoms with Crippen LogP contribution in [-0.4, -0.2) is 4.57 Å². The van der Waals surface area contributed by atoms with Crippen LogP contribution in [0.2, 0.25) is 0 Å². The SMILES string of the molecule is O=c1ccc(-c2cc3ccccc3s2)cn1Cc1cccc(C(F)(F)F)c1. The van der Waals surface area contributed by atoms with Gasteiger partial charge in [0.15, 0.2) is 0 Å². The highest BCUT2D eigenvalue weighted by atomic mass is 32.1. The summed E-state index contributed by atoms with van der Waals surface area (Å²) < 4.78 is 41.3. The fourth-order valence-electron chi connectivity index (χ4n) is 2.97. The molecule has 6 heteroatoms. The molecule has 0 N–H and O–H groups in total. The fourth-order valence-corrected chi connectivity index (χ4v) is 4.02. The van der Waals surface area contributed by atoms with Gasteiger partial charge >= 0.3 is 6.18 Å². The van der Waals surface area contributed by atoms with Crippen molar-refractivity contribution >= 4 is 21.4 Å². The molecule has 2 aromatic heterocycles. The minimum absolute atomic E-state index is 0.0848. The van der Waals surface area contributed by atoms with Crippen LogP contribution in [0.1, 0.15) is 11.1 Å². The van der Waals surface area contributed by atoms with E-state index in [1.54, 1.807) is 29.7 Å². The second-order valence-electron chi connectivity index (χ2n) is 6.23. The normalized spacial score (nSPS) is 11.8. The van der Waals surface area contributed by atoms with Gasteiger partial charge in [0.05, 0.1) is 12.1 Å². The van der Waals surface area contributed by atoms with Crippen molar-refractivity contribution in [3.8, 4) is 10.4 Å². The average molecular weight is 385 g/mol. The predicted octanol–water partition coefficient (Wildman–Crippen LogP) is 5.80. The summed E-state index contributed by atoms with van der Waals surface area (Å²) in [5, 5.41) is 1.12. The number of hydrogen-bond donors (Lipinski definition) is 0. The van der Waals surface area contributed by atoms with Gasteiger partial charge in [-0.05, 0) is 41.3 Å². The van der Waals surface area contributed by atoms with E-state index in [2.05, 4.69) is 6.07 Å². The summed E-state index contributed by atoms with van der Waals surface area (Å²) in [6.07, 6.45) is -2.70. The molecule has 0 amide bonds. The van der Waals surface area contributed by atoms with Crippen molar-refractivity contribution in [3.05, 3.63) is 94.4 Å². The van der Waals surface area contributed by atoms with Crippen molar-refractivity contribution in [2.24, 2.45) is 0 Å². The van der Waals surface area contributed by atoms with Crippen molar-refractivity contribution in [2.45, 2.75) is 12.7 Å². The van der Waals surface area contributed by atoms with Gasteiger partial charge in [-0.3, -0.25) is 4.79 Å². The maximum absolute atomic E-state index is 12.9. The van der Waals surface area contributed by atoms with Crippen LogP contribution in [0.4, 0.5) is 13.2 Å². The highest BCUT2D eigenvalue weighted by Gasteiger charge is 2.30. The molecule has 4 aromatic rings. The van der Waals surface area contributed by atoms with Crippen molar-refractivity contribution in [3.63, 3.8) is 0 Å². The van der Waals surface area contributed by atoms with Gasteiger partial charge in [-0.25, -0.2) is 0 Å². The predicted molar refractivity (Wildman–Crippen MR) is 102 cm³/mol. The van der Waals surface area contributed by atoms with Gasteiger partial charge in [0.2, 0.25) is 0 Å². The van der Waals surface area contributed by atoms with E-state index in [0.29, 0.717) is 5.56 Å². The first-order chi connectivity index (χ1) is 12.9. The topological polar surface area (TPSA) is 22.0 Å². The van der Waals surface area contributed by atoms with Crippen LogP contribution in [0.15, 0.2) is 77.7 Å². The third kappa shape index (κ3) is 3.66. The number of halogens is 3. The highest BCUT2D eigenvalue weighted by Crippen LogP contribution is 2.33. The Balaban J connectivity index is 1.70. The van der Waals surface area contributed by atoms with Crippen LogP contribution in [-0.2, 0) is 12.7 Å². The van der Waals surface area contributed by atoms with E-state index in [1.165, 1.54) is 16.7 Å². The van der Waals surface area contributed by atoms with Crippen LogP contribution in [0, 0.1) is 0 Å². The maximum Gasteiger partial charge on any atom is 0.416 e. The lowest BCUT2D eigenvalue weighted by Crippen LogP contribution is -2.19. The summed E-state index contributed by atoms with van der Waals surface area (Å²) in [4.78, 5) is 13.2. The molecular formula is C21H14F3NOS. The lowest BCUT2D eigenvalue weighted by Gasteiger charge is -2.11. The first-order valence-corrected chi connectivity index (χ1v) is 9.07. The number of rotatable bonds is 3. The minimum Gasteiger partial charge on any atom is -0.310 e. The number of hydrogen-bond acceptors (Lipinski definition) is 2. The van der Waals surface area contributed by atoms with Crippen LogP contribution in [0.5, 0.6) is 0 Å². The Hall–Kier alpha value is -2.86. The minimum atomic E-state index is -4.40. The third-order valence-electron chi connectivity index (χ3n) is 4.30. The molecule has 0 unspecified atom stereocenters. The van der Waals surface area contributed by atoms with Crippen molar-refractivity contribution in [2.75, 3.05) is 0 Å². The summed E-state index contributed by atoms with van der Waals surface area (Å²) in [5.74, 6) is 0. The van der Waals surface area contributed by atoms with Gasteiger partial charge in [0, 0.05) is 27.4 Å². The van der Waals surface area contributed by atoms with E-state index in [4.69, 9.17) is 0 Å². The number of nitrogens with zero attached hydrogens (tertiary/aromatic N) is 1. The molecule has 0 aliphatic carbocycles. The molecule has 0 spiro atoms. The quantitative estimate of drug-likeness (QED) is 0.437. The van der Waals surface area contributed by atoms with E-state index in [9.17, 15) is 18.0 Å². The van der Waals surface area contributed by atoms with E-state index >= 15 is 0 Å². The molecule has 0 saturated heterocycles. The maximum atomic E-state index is 12.9. The van der Waals surface area contributed by atoms with Gasteiger partial charge in [-0.2, -0.15) is 13.2 Å². The summed E-state index contributed by atoms with van der Waals surface area (Å²) in [6, 6.07) is 18.3. The molecule has 2 nitrogen and oxygen atoms in total. The number of thiophene rings is 1. The Morgan fingerprint density at radius 1 is 0.926 bits per heavy atom. The number of pyridine rings is 1. The van der Waals surface area contributed by atoms with Gasteiger partial charge in [0.25, 0.3) is 5.56 Å². The Labute approximate surface area is 157 Å². The van der Waals surface area contributed by atoms with Gasteiger partial charge < -0.3 is 4.57 Å². The summed E-state index contributed by atoms with van der Waals surface area (Å²) >= 11 is 1.61. The van der Waals surface area contributed by atoms with Crippen LogP contribution >= 0.6 is 11.3 Å². The standard InChI is InChI=1S/C21H14F3NOS/c22-21(23,24)17-6-3-4-14(10-17)12-25-13-16(8-9-20(25)26)19-11-15-5-1-2-7-18(15)27-19/h1-11,13H,12H2. The lowest BCUT2D eigenvalue weighted by molar-refractivity contribution is -0.137. The first kappa shape index (κ1) is 17.5. The number of aromatic nitrogens is 1. The Morgan fingerprint density at radius 2 is 1.74 bits per heavy atom. The second kappa shape index (κ2) is 6.70. The van der Waals surface area contributed by atoms with Crippen molar-refractivity contribution < 1.29 is 13.2 Å². The van der Waals surface area contributed by atoms with Crippen molar-refractivity contribution in [1.82, 2.24) is 4.57 Å². The molecule has 0 atom stereocenters. The molecule has 0 aliphatic rings. The van der Waals surface area contributed by atoms with E-state index < -0.39 is 11.7 Å². The summed E-state index contributed by atoms with van der Waals surface area (Å²) in [7, 11) is 0. The molecule has 0 saturated carbocycles. The van der Waals surface area contributed by atoms with E-state index in [1.807, 2.05) is 24.3 Å². The third-order valence-corrected chi connectivity index (χ3v) is 5.47. The zero-order chi connectivity index (χ0) is 19.0. The van der Waals surface area contributed by atoms with Crippen LogP contribution in [0.25, 0.3) is 20.5 Å². The van der Waals surface area contributed by atoms with Crippen molar-refractivity contribution in [1.29, 1.82) is 0 Å². The Morgan fingerprint density at radius 3 is 2.52 bits per heavy atom. The number of benzene rings is 2. The van der Waals surface area contributed by atoms with Gasteiger partial charge in [-0.15, -0.1) is 11.3 Å². The Kier molecular flexibility index (Phi) is 4.36. The molecule has 0 fully saturated rings. The average Bonchev–Trinajstić information content (AvgIpc) is 3.07. The zero-order valence-corrected chi connectivity index (χ0v) is 14.8. The molecule has 27 heavy (non-hydrogen) atoms. The zero-order valence-electron chi connectivity index (χ0n) is 14.0. The summed E-state index contributed by atoms with van der Waals surface area (Å²) in [6.45, 7) is 0.0848.